The van der Waals surface area contributed by atoms with Gasteiger partial charge < -0.3 is 60.1 Å². The first-order chi connectivity index (χ1) is 22.3. The highest BCUT2D eigenvalue weighted by molar-refractivity contribution is 5.82. The summed E-state index contributed by atoms with van der Waals surface area (Å²) < 4.78 is 28.5. The van der Waals surface area contributed by atoms with Crippen LogP contribution < -0.4 is 5.73 Å². The average Bonchev–Trinajstić information content (AvgIpc) is 3.72. The summed E-state index contributed by atoms with van der Waals surface area (Å²) in [6, 6.07) is -1.08. The lowest BCUT2D eigenvalue weighted by Crippen LogP contribution is -2.61. The number of rotatable bonds is 3. The Hall–Kier alpha value is -2.76. The summed E-state index contributed by atoms with van der Waals surface area (Å²) in [4.78, 5) is 24.4. The van der Waals surface area contributed by atoms with Crippen molar-refractivity contribution in [2.75, 3.05) is 0 Å². The van der Waals surface area contributed by atoms with Gasteiger partial charge in [-0.05, 0) is 19.9 Å². The first-order valence-electron chi connectivity index (χ1n) is 15.9. The summed E-state index contributed by atoms with van der Waals surface area (Å²) in [6.07, 6.45) is 5.25. The zero-order chi connectivity index (χ0) is 34.3. The molecule has 14 heteroatoms. The second-order valence-electron chi connectivity index (χ2n) is 12.6. The minimum atomic E-state index is -2.10. The molecule has 0 aromatic rings. The molecular weight excluding hydrogens is 618 g/mol. The molecule has 0 spiro atoms. The number of carboxylic acid groups (broad SMARTS) is 1. The molecule has 4 rings (SSSR count). The quantitative estimate of drug-likeness (QED) is 0.157. The number of allylic oxidation sites excluding steroid dienone is 6. The molecule has 0 saturated carbocycles. The number of hydrogen-bond donors (Lipinski definition) is 7. The van der Waals surface area contributed by atoms with Gasteiger partial charge in [-0.1, -0.05) is 48.6 Å². The zero-order valence-electron chi connectivity index (χ0n) is 26.4. The lowest BCUT2D eigenvalue weighted by molar-refractivity contribution is -0.308. The van der Waals surface area contributed by atoms with Gasteiger partial charge in [0.15, 0.2) is 12.1 Å². The van der Waals surface area contributed by atoms with E-state index in [4.69, 9.17) is 29.4 Å². The van der Waals surface area contributed by atoms with Gasteiger partial charge in [0.25, 0.3) is 0 Å². The molecule has 3 saturated heterocycles. The van der Waals surface area contributed by atoms with Crippen molar-refractivity contribution in [1.82, 2.24) is 0 Å². The molecule has 4 aliphatic rings. The molecular formula is C33H47NO13. The number of esters is 1. The van der Waals surface area contributed by atoms with Gasteiger partial charge in [0.2, 0.25) is 0 Å². The van der Waals surface area contributed by atoms with E-state index in [9.17, 15) is 40.2 Å². The lowest BCUT2D eigenvalue weighted by Gasteiger charge is -2.45. The summed E-state index contributed by atoms with van der Waals surface area (Å²) in [6.45, 7) is 3.34. The molecule has 47 heavy (non-hydrogen) atoms. The lowest BCUT2D eigenvalue weighted by atomic mass is 9.83. The van der Waals surface area contributed by atoms with Gasteiger partial charge in [0.05, 0.1) is 48.8 Å². The van der Waals surface area contributed by atoms with E-state index in [1.807, 2.05) is 6.08 Å². The standard InChI is InChI=1S/C33H47NO13/c1-18-10-8-6-4-3-5-7-9-11-21(45-32-30(39)28(34)29(38)19(2)44-32)15-25-27(31(40)41)22(36)17-33(42,47-25)16-20(35)14-24-23(46-24)12-13-26(37)43-18/h3-9,11-13,18-25,27-30,32,35-36,38-39,42H,10,14-17,34H2,1-2H3,(H,40,41)/b4-3+,7-5+,8-6+,11-9+,13-12+/t18-,19-,20+,21+,22+,23-,24-,25-,27-,28+,29-,30+,32-,33+/m1/s1. The monoisotopic (exact) mass is 665 g/mol. The van der Waals surface area contributed by atoms with Crippen molar-refractivity contribution in [2.45, 2.75) is 125 Å². The van der Waals surface area contributed by atoms with Crippen molar-refractivity contribution in [1.29, 1.82) is 0 Å². The first-order valence-corrected chi connectivity index (χ1v) is 15.9. The van der Waals surface area contributed by atoms with Crippen LogP contribution in [0.2, 0.25) is 0 Å². The number of aliphatic hydroxyl groups is 5. The summed E-state index contributed by atoms with van der Waals surface area (Å²) >= 11 is 0. The Morgan fingerprint density at radius 2 is 1.64 bits per heavy atom. The van der Waals surface area contributed by atoms with E-state index in [0.717, 1.165) is 0 Å². The minimum Gasteiger partial charge on any atom is -0.481 e. The maximum absolute atomic E-state index is 12.3. The maximum Gasteiger partial charge on any atom is 0.330 e. The highest BCUT2D eigenvalue weighted by atomic mass is 16.7. The summed E-state index contributed by atoms with van der Waals surface area (Å²) in [7, 11) is 0. The van der Waals surface area contributed by atoms with Crippen LogP contribution in [0.1, 0.15) is 46.0 Å². The van der Waals surface area contributed by atoms with Crippen LogP contribution in [-0.4, -0.2) is 122 Å². The van der Waals surface area contributed by atoms with Crippen molar-refractivity contribution in [3.8, 4) is 0 Å². The van der Waals surface area contributed by atoms with Crippen LogP contribution in [0.25, 0.3) is 0 Å². The molecule has 14 atom stereocenters. The van der Waals surface area contributed by atoms with E-state index in [2.05, 4.69) is 0 Å². The van der Waals surface area contributed by atoms with Crippen LogP contribution >= 0.6 is 0 Å². The third kappa shape index (κ3) is 10.6. The largest absolute Gasteiger partial charge is 0.481 e. The summed E-state index contributed by atoms with van der Waals surface area (Å²) in [5.74, 6) is -5.45. The van der Waals surface area contributed by atoms with Crippen LogP contribution in [0, 0.1) is 5.92 Å². The fourth-order valence-electron chi connectivity index (χ4n) is 6.00. The van der Waals surface area contributed by atoms with Crippen LogP contribution in [0.3, 0.4) is 0 Å². The van der Waals surface area contributed by atoms with Crippen molar-refractivity contribution in [3.05, 3.63) is 60.8 Å². The van der Waals surface area contributed by atoms with Gasteiger partial charge in [0, 0.05) is 38.2 Å². The third-order valence-electron chi connectivity index (χ3n) is 8.58. The molecule has 2 bridgehead atoms. The zero-order valence-corrected chi connectivity index (χ0v) is 26.4. The topological polar surface area (TPSA) is 231 Å². The number of fused-ring (bicyclic) bond motifs is 3. The Balaban J connectivity index is 1.58. The van der Waals surface area contributed by atoms with Gasteiger partial charge in [-0.25, -0.2) is 4.79 Å². The number of aliphatic carboxylic acids is 1. The molecule has 0 radical (unpaired) electrons. The fourth-order valence-corrected chi connectivity index (χ4v) is 6.00. The van der Waals surface area contributed by atoms with Crippen LogP contribution in [0.5, 0.6) is 0 Å². The number of carbonyl (C=O) groups excluding carboxylic acids is 1. The van der Waals surface area contributed by atoms with Gasteiger partial charge in [-0.3, -0.25) is 4.79 Å². The number of carboxylic acids is 1. The van der Waals surface area contributed by atoms with Gasteiger partial charge in [-0.2, -0.15) is 0 Å². The Morgan fingerprint density at radius 3 is 2.36 bits per heavy atom. The van der Waals surface area contributed by atoms with Crippen molar-refractivity contribution in [2.24, 2.45) is 11.7 Å². The second kappa shape index (κ2) is 16.6. The Morgan fingerprint density at radius 1 is 0.936 bits per heavy atom. The fraction of sp³-hybridized carbons (Fsp3) is 0.636. The molecule has 0 aromatic heterocycles. The molecule has 0 aliphatic carbocycles. The molecule has 14 nitrogen and oxygen atoms in total. The maximum atomic E-state index is 12.3. The van der Waals surface area contributed by atoms with E-state index in [-0.39, 0.29) is 25.4 Å². The normalized spacial score (nSPS) is 47.2. The predicted octanol–water partition coefficient (Wildman–Crippen LogP) is 0.120. The van der Waals surface area contributed by atoms with Crippen molar-refractivity contribution in [3.63, 3.8) is 0 Å². The molecule has 0 unspecified atom stereocenters. The van der Waals surface area contributed by atoms with Crippen LogP contribution in [0.4, 0.5) is 0 Å². The Labute approximate surface area is 273 Å². The smallest absolute Gasteiger partial charge is 0.330 e. The number of epoxide rings is 1. The number of hydrogen-bond acceptors (Lipinski definition) is 13. The van der Waals surface area contributed by atoms with Crippen LogP contribution in [0.15, 0.2) is 60.8 Å². The average molecular weight is 666 g/mol. The van der Waals surface area contributed by atoms with E-state index >= 15 is 0 Å². The van der Waals surface area contributed by atoms with Gasteiger partial charge in [-0.15, -0.1) is 0 Å². The van der Waals surface area contributed by atoms with E-state index in [1.165, 1.54) is 12.2 Å². The molecule has 3 fully saturated rings. The highest BCUT2D eigenvalue weighted by Gasteiger charge is 2.51. The molecule has 0 aromatic carbocycles. The number of nitrogens with two attached hydrogens (primary N) is 1. The second-order valence-corrected chi connectivity index (χ2v) is 12.6. The molecule has 0 amide bonds. The number of ether oxygens (including phenoxy) is 5. The number of cyclic esters (lactones) is 1. The number of carbonyl (C=O) groups is 2. The van der Waals surface area contributed by atoms with Crippen molar-refractivity contribution >= 4 is 11.9 Å². The van der Waals surface area contributed by atoms with Crippen molar-refractivity contribution < 1.29 is 63.9 Å². The van der Waals surface area contributed by atoms with E-state index in [0.29, 0.717) is 6.42 Å². The Bertz CT molecular complexity index is 1220. The Kier molecular flexibility index (Phi) is 13.1. The summed E-state index contributed by atoms with van der Waals surface area (Å²) in [5.41, 5.74) is 5.98. The molecule has 8 N–H and O–H groups in total. The molecule has 4 heterocycles. The summed E-state index contributed by atoms with van der Waals surface area (Å²) in [5, 5.41) is 63.9. The highest BCUT2D eigenvalue weighted by Crippen LogP contribution is 2.39. The van der Waals surface area contributed by atoms with E-state index in [1.54, 1.807) is 56.4 Å². The predicted molar refractivity (Wildman–Crippen MR) is 165 cm³/mol. The molecule has 4 aliphatic heterocycles. The van der Waals surface area contributed by atoms with Gasteiger partial charge in [0.1, 0.15) is 24.2 Å². The SMILES string of the molecule is C[C@@H]1C/C=C/C=C/C=C/C=C/[C@H](O[C@H]2O[C@H](C)[C@@H](O)[C@H](N)[C@@H]2O)C[C@H]2O[C@@](O)(C[C@@H](O)C[C@H]3O[C@@H]3/C=C/C(=O)O1)C[C@H](O)[C@H]2C(=O)O. The minimum absolute atomic E-state index is 0.0789. The molecule has 262 valence electrons. The van der Waals surface area contributed by atoms with Crippen LogP contribution in [-0.2, 0) is 33.3 Å². The van der Waals surface area contributed by atoms with E-state index < -0.39 is 97.3 Å². The third-order valence-corrected chi connectivity index (χ3v) is 8.58. The first kappa shape index (κ1) is 37.1. The van der Waals surface area contributed by atoms with Gasteiger partial charge >= 0.3 is 11.9 Å². The number of aliphatic hydroxyl groups excluding tert-OH is 4.